The molecule has 5 nitrogen and oxygen atoms in total. The summed E-state index contributed by atoms with van der Waals surface area (Å²) in [5.74, 6) is 0.304. The van der Waals surface area contributed by atoms with Crippen LogP contribution in [0.5, 0.6) is 0 Å². The number of aryl methyl sites for hydroxylation is 1. The van der Waals surface area contributed by atoms with Gasteiger partial charge in [-0.25, -0.2) is 0 Å². The molecule has 1 fully saturated rings. The molecule has 1 aliphatic carbocycles. The number of nitrogens with zero attached hydrogens (tertiary/aromatic N) is 2. The summed E-state index contributed by atoms with van der Waals surface area (Å²) in [5.41, 5.74) is 6.12. The lowest BCUT2D eigenvalue weighted by molar-refractivity contribution is 0.0807. The van der Waals surface area contributed by atoms with Crippen LogP contribution in [0.2, 0.25) is 0 Å². The van der Waals surface area contributed by atoms with E-state index >= 15 is 0 Å². The number of aromatic nitrogens is 2. The molecule has 1 amide bonds. The van der Waals surface area contributed by atoms with E-state index < -0.39 is 0 Å². The molecule has 5 heteroatoms. The number of nitrogens with two attached hydrogens (primary N) is 1. The van der Waals surface area contributed by atoms with Crippen molar-refractivity contribution in [2.45, 2.75) is 38.1 Å². The minimum absolute atomic E-state index is 0.116. The van der Waals surface area contributed by atoms with Gasteiger partial charge in [-0.05, 0) is 24.8 Å². The van der Waals surface area contributed by atoms with E-state index in [1.54, 1.807) is 24.0 Å². The highest BCUT2D eigenvalue weighted by Gasteiger charge is 2.38. The topological polar surface area (TPSA) is 72.9 Å². The minimum atomic E-state index is -0.257. The van der Waals surface area contributed by atoms with Gasteiger partial charge in [0, 0.05) is 19.8 Å². The quantitative estimate of drug-likeness (QED) is 0.842. The van der Waals surface area contributed by atoms with Crippen molar-refractivity contribution in [1.82, 2.24) is 15.1 Å². The van der Waals surface area contributed by atoms with Crippen LogP contribution < -0.4 is 11.1 Å². The molecule has 0 radical (unpaired) electrons. The van der Waals surface area contributed by atoms with Gasteiger partial charge < -0.3 is 11.1 Å². The third-order valence-corrected chi connectivity index (χ3v) is 4.13. The van der Waals surface area contributed by atoms with Crippen LogP contribution in [0.15, 0.2) is 12.3 Å². The van der Waals surface area contributed by atoms with Gasteiger partial charge >= 0.3 is 0 Å². The van der Waals surface area contributed by atoms with Crippen molar-refractivity contribution in [3.8, 4) is 0 Å². The second-order valence-electron chi connectivity index (χ2n) is 5.34. The average molecular weight is 250 g/mol. The van der Waals surface area contributed by atoms with Gasteiger partial charge in [0.2, 0.25) is 0 Å². The fourth-order valence-corrected chi connectivity index (χ4v) is 2.78. The first-order valence-corrected chi connectivity index (χ1v) is 6.59. The Kier molecular flexibility index (Phi) is 3.71. The third kappa shape index (κ3) is 2.41. The fourth-order valence-electron chi connectivity index (χ4n) is 2.78. The molecule has 2 unspecified atom stereocenters. The van der Waals surface area contributed by atoms with Crippen molar-refractivity contribution < 1.29 is 4.79 Å². The molecule has 2 atom stereocenters. The van der Waals surface area contributed by atoms with Crippen LogP contribution in [-0.2, 0) is 7.05 Å². The van der Waals surface area contributed by atoms with Crippen molar-refractivity contribution in [2.75, 3.05) is 6.54 Å². The lowest BCUT2D eigenvalue weighted by Crippen LogP contribution is -2.59. The molecule has 100 valence electrons. The highest BCUT2D eigenvalue weighted by atomic mass is 16.2. The second-order valence-corrected chi connectivity index (χ2v) is 5.34. The van der Waals surface area contributed by atoms with Gasteiger partial charge in [-0.1, -0.05) is 19.8 Å². The standard InChI is InChI=1S/C13H22N4O/c1-10-5-3-4-7-13(10,9-14)15-12(18)11-6-8-17(2)16-11/h6,8,10H,3-5,7,9,14H2,1-2H3,(H,15,18). The van der Waals surface area contributed by atoms with Crippen LogP contribution in [0.1, 0.15) is 43.1 Å². The summed E-state index contributed by atoms with van der Waals surface area (Å²) in [5, 5.41) is 7.25. The van der Waals surface area contributed by atoms with Gasteiger partial charge in [-0.3, -0.25) is 9.48 Å². The Balaban J connectivity index is 2.12. The lowest BCUT2D eigenvalue weighted by atomic mass is 9.73. The van der Waals surface area contributed by atoms with Crippen LogP contribution in [0, 0.1) is 5.92 Å². The van der Waals surface area contributed by atoms with Crippen molar-refractivity contribution in [2.24, 2.45) is 18.7 Å². The Hall–Kier alpha value is -1.36. The molecule has 0 aliphatic heterocycles. The number of hydrogen-bond acceptors (Lipinski definition) is 3. The number of carbonyl (C=O) groups excluding carboxylic acids is 1. The molecule has 3 N–H and O–H groups in total. The molecule has 2 rings (SSSR count). The zero-order valence-electron chi connectivity index (χ0n) is 11.1. The molecule has 1 aliphatic rings. The molecule has 0 bridgehead atoms. The highest BCUT2D eigenvalue weighted by molar-refractivity contribution is 5.92. The smallest absolute Gasteiger partial charge is 0.272 e. The van der Waals surface area contributed by atoms with Crippen molar-refractivity contribution in [1.29, 1.82) is 0 Å². The van der Waals surface area contributed by atoms with Crippen LogP contribution in [-0.4, -0.2) is 27.8 Å². The van der Waals surface area contributed by atoms with Gasteiger partial charge in [0.1, 0.15) is 5.69 Å². The third-order valence-electron chi connectivity index (χ3n) is 4.13. The summed E-state index contributed by atoms with van der Waals surface area (Å²) < 4.78 is 1.63. The van der Waals surface area contributed by atoms with Gasteiger partial charge in [0.05, 0.1) is 5.54 Å². The van der Waals surface area contributed by atoms with Crippen LogP contribution in [0.3, 0.4) is 0 Å². The molecular formula is C13H22N4O. The maximum Gasteiger partial charge on any atom is 0.272 e. The van der Waals surface area contributed by atoms with Crippen molar-refractivity contribution in [3.05, 3.63) is 18.0 Å². The maximum atomic E-state index is 12.2. The van der Waals surface area contributed by atoms with Crippen molar-refractivity contribution >= 4 is 5.91 Å². The molecule has 0 spiro atoms. The van der Waals surface area contributed by atoms with E-state index in [0.717, 1.165) is 19.3 Å². The van der Waals surface area contributed by atoms with Gasteiger partial charge in [-0.15, -0.1) is 0 Å². The SMILES string of the molecule is CC1CCCCC1(CN)NC(=O)c1ccn(C)n1. The molecule has 1 saturated carbocycles. The van der Waals surface area contributed by atoms with Crippen LogP contribution in [0.4, 0.5) is 0 Å². The summed E-state index contributed by atoms with van der Waals surface area (Å²) in [7, 11) is 1.80. The summed E-state index contributed by atoms with van der Waals surface area (Å²) in [6.07, 6.45) is 6.21. The maximum absolute atomic E-state index is 12.2. The summed E-state index contributed by atoms with van der Waals surface area (Å²) >= 11 is 0. The number of nitrogens with one attached hydrogen (secondary N) is 1. The zero-order valence-corrected chi connectivity index (χ0v) is 11.1. The largest absolute Gasteiger partial charge is 0.344 e. The van der Waals surface area contributed by atoms with E-state index in [9.17, 15) is 4.79 Å². The fraction of sp³-hybridized carbons (Fsp3) is 0.692. The zero-order chi connectivity index (χ0) is 13.2. The number of carbonyl (C=O) groups is 1. The minimum Gasteiger partial charge on any atom is -0.344 e. The Morgan fingerprint density at radius 2 is 2.44 bits per heavy atom. The normalized spacial score (nSPS) is 28.1. The predicted octanol–water partition coefficient (Wildman–Crippen LogP) is 1.06. The monoisotopic (exact) mass is 250 g/mol. The molecule has 1 aromatic heterocycles. The number of amides is 1. The highest BCUT2D eigenvalue weighted by Crippen LogP contribution is 2.33. The average Bonchev–Trinajstić information content (AvgIpc) is 2.79. The Labute approximate surface area is 108 Å². The molecule has 0 saturated heterocycles. The van der Waals surface area contributed by atoms with Crippen LogP contribution >= 0.6 is 0 Å². The molecular weight excluding hydrogens is 228 g/mol. The molecule has 0 aromatic carbocycles. The van der Waals surface area contributed by atoms with E-state index in [2.05, 4.69) is 17.3 Å². The Morgan fingerprint density at radius 3 is 3.00 bits per heavy atom. The van der Waals surface area contributed by atoms with Gasteiger partial charge in [-0.2, -0.15) is 5.10 Å². The van der Waals surface area contributed by atoms with Gasteiger partial charge in [0.15, 0.2) is 0 Å². The summed E-state index contributed by atoms with van der Waals surface area (Å²) in [6.45, 7) is 2.66. The molecule has 1 aromatic rings. The van der Waals surface area contributed by atoms with E-state index in [4.69, 9.17) is 5.73 Å². The first-order chi connectivity index (χ1) is 8.57. The first-order valence-electron chi connectivity index (χ1n) is 6.59. The number of hydrogen-bond donors (Lipinski definition) is 2. The molecule has 18 heavy (non-hydrogen) atoms. The second kappa shape index (κ2) is 5.10. The Bertz CT molecular complexity index is 428. The lowest BCUT2D eigenvalue weighted by Gasteiger charge is -2.42. The Morgan fingerprint density at radius 1 is 1.67 bits per heavy atom. The molecule has 1 heterocycles. The predicted molar refractivity (Wildman–Crippen MR) is 70.1 cm³/mol. The summed E-state index contributed by atoms with van der Waals surface area (Å²) in [4.78, 5) is 12.2. The summed E-state index contributed by atoms with van der Waals surface area (Å²) in [6, 6.07) is 1.73. The number of rotatable bonds is 3. The van der Waals surface area contributed by atoms with E-state index in [0.29, 0.717) is 18.2 Å². The van der Waals surface area contributed by atoms with Crippen molar-refractivity contribution in [3.63, 3.8) is 0 Å². The first kappa shape index (κ1) is 13.1. The van der Waals surface area contributed by atoms with Gasteiger partial charge in [0.25, 0.3) is 5.91 Å². The van der Waals surface area contributed by atoms with Crippen LogP contribution in [0.25, 0.3) is 0 Å². The van der Waals surface area contributed by atoms with E-state index in [1.807, 2.05) is 0 Å². The van der Waals surface area contributed by atoms with E-state index in [1.165, 1.54) is 6.42 Å². The van der Waals surface area contributed by atoms with E-state index in [-0.39, 0.29) is 11.4 Å².